The minimum absolute atomic E-state index is 0.154. The highest BCUT2D eigenvalue weighted by atomic mass is 32.2. The molecule has 47 heavy (non-hydrogen) atoms. The van der Waals surface area contributed by atoms with Crippen LogP contribution in [-0.4, -0.2) is 75.1 Å². The average Bonchev–Trinajstić information content (AvgIpc) is 3.55. The maximum atomic E-state index is 13.6. The molecule has 258 valence electrons. The largest absolute Gasteiger partial charge is 0.433 e. The van der Waals surface area contributed by atoms with Gasteiger partial charge in [-0.3, -0.25) is 13.2 Å². The van der Waals surface area contributed by atoms with Crippen LogP contribution < -0.4 is 15.6 Å². The second-order valence-electron chi connectivity index (χ2n) is 10.6. The lowest BCUT2D eigenvalue weighted by molar-refractivity contribution is -0.141. The van der Waals surface area contributed by atoms with E-state index < -0.39 is 56.4 Å². The molecule has 4 atom stereocenters. The molecule has 6 N–H and O–H groups in total. The molecule has 0 bridgehead atoms. The smallest absolute Gasteiger partial charge is 0.393 e. The first-order valence-corrected chi connectivity index (χ1v) is 17.5. The number of ketones is 1. The van der Waals surface area contributed by atoms with E-state index in [9.17, 15) is 39.9 Å². The maximum absolute atomic E-state index is 13.6. The Balaban J connectivity index is 0.000000762. The molecule has 5 rings (SSSR count). The van der Waals surface area contributed by atoms with Crippen molar-refractivity contribution in [3.63, 3.8) is 0 Å². The zero-order valence-corrected chi connectivity index (χ0v) is 27.2. The van der Waals surface area contributed by atoms with Crippen LogP contribution in [0.2, 0.25) is 0 Å². The second kappa shape index (κ2) is 14.5. The summed E-state index contributed by atoms with van der Waals surface area (Å²) in [7, 11) is -6.82. The summed E-state index contributed by atoms with van der Waals surface area (Å²) in [5.41, 5.74) is 0.526. The third kappa shape index (κ3) is 9.70. The number of rotatable bonds is 9. The molecule has 1 aliphatic carbocycles. The number of nitrogens with zero attached hydrogens (tertiary/aromatic N) is 3. The number of nitrogens with two attached hydrogens (primary N) is 2. The molecule has 0 spiro atoms. The van der Waals surface area contributed by atoms with Crippen LogP contribution in [0.1, 0.15) is 61.6 Å². The summed E-state index contributed by atoms with van der Waals surface area (Å²) >= 11 is 1.17. The first-order valence-electron chi connectivity index (χ1n) is 13.7. The SMILES string of the molecule is COS(N)(=O)=O.Cc1sc(C(=O)c2cncnc2N[C@@H]2C[C@H](COS(N)(=O)=O)[C@@H](O)C2)cc1[C@@H]1OCCc2ccc(C(F)(F)F)nc21. The number of aromatic nitrogens is 3. The van der Waals surface area contributed by atoms with Crippen LogP contribution >= 0.6 is 11.3 Å². The number of ether oxygens (including phenoxy) is 1. The van der Waals surface area contributed by atoms with Crippen LogP contribution in [0, 0.1) is 12.8 Å². The van der Waals surface area contributed by atoms with Gasteiger partial charge in [-0.25, -0.2) is 25.2 Å². The van der Waals surface area contributed by atoms with Gasteiger partial charge in [0.2, 0.25) is 5.78 Å². The molecule has 3 aromatic rings. The van der Waals surface area contributed by atoms with E-state index in [0.717, 1.165) is 13.2 Å². The van der Waals surface area contributed by atoms with Crippen molar-refractivity contribution in [2.24, 2.45) is 16.2 Å². The van der Waals surface area contributed by atoms with Gasteiger partial charge >= 0.3 is 26.8 Å². The number of carbonyl (C=O) groups excluding carboxylic acids is 1. The molecule has 0 aromatic carbocycles. The van der Waals surface area contributed by atoms with E-state index in [1.165, 1.54) is 29.9 Å². The number of aliphatic hydroxyl groups is 1. The number of carbonyl (C=O) groups is 1. The lowest BCUT2D eigenvalue weighted by Gasteiger charge is -2.26. The molecule has 1 saturated carbocycles. The minimum atomic E-state index is -4.61. The number of hydrogen-bond acceptors (Lipinski definition) is 14. The van der Waals surface area contributed by atoms with Crippen molar-refractivity contribution in [2.75, 3.05) is 25.6 Å². The molecule has 15 nitrogen and oxygen atoms in total. The number of aryl methyl sites for hydroxylation is 1. The van der Waals surface area contributed by atoms with Gasteiger partial charge in [0.25, 0.3) is 0 Å². The molecule has 21 heteroatoms. The van der Waals surface area contributed by atoms with Crippen molar-refractivity contribution < 1.29 is 53.0 Å². The Morgan fingerprint density at radius 1 is 1.19 bits per heavy atom. The first-order chi connectivity index (χ1) is 21.9. The molecule has 0 amide bonds. The van der Waals surface area contributed by atoms with Gasteiger partial charge < -0.3 is 15.2 Å². The zero-order chi connectivity index (χ0) is 34.7. The molecule has 4 heterocycles. The van der Waals surface area contributed by atoms with Crippen LogP contribution in [0.15, 0.2) is 30.7 Å². The molecule has 1 fully saturated rings. The monoisotopic (exact) mass is 724 g/mol. The summed E-state index contributed by atoms with van der Waals surface area (Å²) in [6.07, 6.45) is -2.71. The highest BCUT2D eigenvalue weighted by molar-refractivity contribution is 7.84. The van der Waals surface area contributed by atoms with Gasteiger partial charge in [0.05, 0.1) is 42.6 Å². The van der Waals surface area contributed by atoms with Crippen LogP contribution in [0.4, 0.5) is 19.0 Å². The average molecular weight is 725 g/mol. The van der Waals surface area contributed by atoms with Crippen LogP contribution in [0.5, 0.6) is 0 Å². The summed E-state index contributed by atoms with van der Waals surface area (Å²) in [6, 6.07) is 3.63. The van der Waals surface area contributed by atoms with E-state index in [4.69, 9.17) is 9.88 Å². The highest BCUT2D eigenvalue weighted by Gasteiger charge is 2.37. The molecule has 3 aromatic heterocycles. The van der Waals surface area contributed by atoms with Gasteiger partial charge in [-0.15, -0.1) is 11.3 Å². The van der Waals surface area contributed by atoms with Crippen molar-refractivity contribution in [3.8, 4) is 0 Å². The van der Waals surface area contributed by atoms with Gasteiger partial charge in [0, 0.05) is 28.6 Å². The van der Waals surface area contributed by atoms with Crippen molar-refractivity contribution >= 4 is 43.5 Å². The van der Waals surface area contributed by atoms with E-state index >= 15 is 0 Å². The van der Waals surface area contributed by atoms with Crippen molar-refractivity contribution in [3.05, 3.63) is 68.6 Å². The number of alkyl halides is 3. The van der Waals surface area contributed by atoms with Crippen LogP contribution in [0.25, 0.3) is 0 Å². The molecule has 2 aliphatic rings. The second-order valence-corrected chi connectivity index (χ2v) is 14.3. The molecule has 0 radical (unpaired) electrons. The first kappa shape index (κ1) is 36.7. The third-order valence-electron chi connectivity index (χ3n) is 7.30. The van der Waals surface area contributed by atoms with Gasteiger partial charge in [-0.2, -0.15) is 30.0 Å². The highest BCUT2D eigenvalue weighted by Crippen LogP contribution is 2.39. The predicted octanol–water partition coefficient (Wildman–Crippen LogP) is 1.76. The van der Waals surface area contributed by atoms with E-state index in [-0.39, 0.29) is 36.1 Å². The van der Waals surface area contributed by atoms with Gasteiger partial charge in [-0.1, -0.05) is 6.07 Å². The summed E-state index contributed by atoms with van der Waals surface area (Å²) in [5.74, 6) is -0.689. The van der Waals surface area contributed by atoms with E-state index in [2.05, 4.69) is 33.8 Å². The summed E-state index contributed by atoms with van der Waals surface area (Å²) in [5, 5.41) is 22.6. The standard InChI is InChI=1S/C25H26F3N5O6S2.CH5NO3S/c1-12-16(23-21-13(4-5-38-23)2-3-20(33-21)25(26,27)28)8-19(40-12)22(35)17-9-30-11-31-24(17)32-15-6-14(18(34)7-15)10-39-41(29,36)37;1-5-6(2,3)4/h2-3,8-9,11,14-15,18,23,34H,4-7,10H2,1H3,(H2,29,36,37)(H,30,31,32);1H3,(H2,2,3,4)/t14-,15-,18+,23+;/m1./s1. The fourth-order valence-corrected chi connectivity index (χ4v) is 6.46. The fourth-order valence-electron chi connectivity index (χ4n) is 5.09. The Kier molecular flexibility index (Phi) is 11.3. The predicted molar refractivity (Wildman–Crippen MR) is 161 cm³/mol. The fraction of sp³-hybridized carbons (Fsp3) is 0.462. The topological polar surface area (TPSA) is 236 Å². The molecule has 0 unspecified atom stereocenters. The Morgan fingerprint density at radius 3 is 2.53 bits per heavy atom. The molecular weight excluding hydrogens is 694 g/mol. The number of thiophene rings is 1. The Morgan fingerprint density at radius 2 is 1.89 bits per heavy atom. The summed E-state index contributed by atoms with van der Waals surface area (Å²) in [4.78, 5) is 26.6. The zero-order valence-electron chi connectivity index (χ0n) is 24.8. The lowest BCUT2D eigenvalue weighted by Crippen LogP contribution is -2.24. The van der Waals surface area contributed by atoms with Gasteiger partial charge in [0.1, 0.15) is 23.9 Å². The number of nitrogens with one attached hydrogen (secondary N) is 1. The molecule has 1 aliphatic heterocycles. The van der Waals surface area contributed by atoms with Crippen molar-refractivity contribution in [2.45, 2.75) is 50.6 Å². The third-order valence-corrected chi connectivity index (χ3v) is 9.30. The lowest BCUT2D eigenvalue weighted by atomic mass is 9.97. The summed E-state index contributed by atoms with van der Waals surface area (Å²) < 4.78 is 95.6. The Bertz CT molecular complexity index is 1820. The number of halogens is 3. The normalized spacial score (nSPS) is 21.4. The van der Waals surface area contributed by atoms with Crippen LogP contribution in [-0.2, 0) is 46.3 Å². The van der Waals surface area contributed by atoms with E-state index in [0.29, 0.717) is 40.3 Å². The Hall–Kier alpha value is -3.15. The molecule has 0 saturated heterocycles. The quantitative estimate of drug-likeness (QED) is 0.231. The van der Waals surface area contributed by atoms with Gasteiger partial charge in [0.15, 0.2) is 0 Å². The van der Waals surface area contributed by atoms with E-state index in [1.807, 2.05) is 0 Å². The number of fused-ring (bicyclic) bond motifs is 1. The summed E-state index contributed by atoms with van der Waals surface area (Å²) in [6.45, 7) is 1.77. The van der Waals surface area contributed by atoms with Crippen molar-refractivity contribution in [1.82, 2.24) is 15.0 Å². The maximum Gasteiger partial charge on any atom is 0.433 e. The Labute approximate surface area is 272 Å². The number of hydrogen-bond donors (Lipinski definition) is 4. The van der Waals surface area contributed by atoms with Gasteiger partial charge in [-0.05, 0) is 43.9 Å². The van der Waals surface area contributed by atoms with E-state index in [1.54, 1.807) is 13.0 Å². The number of aliphatic hydroxyl groups excluding tert-OH is 1. The number of anilines is 1. The molecular formula is C26H31F3N6O9S3. The minimum Gasteiger partial charge on any atom is -0.393 e. The van der Waals surface area contributed by atoms with Crippen molar-refractivity contribution in [1.29, 1.82) is 0 Å². The number of pyridine rings is 1. The van der Waals surface area contributed by atoms with Crippen LogP contribution in [0.3, 0.4) is 0 Å².